The van der Waals surface area contributed by atoms with Crippen molar-refractivity contribution in [1.29, 1.82) is 0 Å². The van der Waals surface area contributed by atoms with Crippen molar-refractivity contribution in [3.63, 3.8) is 0 Å². The Balaban J connectivity index is 0.00000392. The Labute approximate surface area is 187 Å². The fraction of sp³-hybridized carbons (Fsp3) is 0.667. The second-order valence-corrected chi connectivity index (χ2v) is 6.88. The number of hydrogen-bond acceptors (Lipinski definition) is 4. The Kier molecular flexibility index (Phi) is 13.1. The number of likely N-dealkylation sites (tertiary alicyclic amines) is 1. The van der Waals surface area contributed by atoms with Gasteiger partial charge >= 0.3 is 0 Å². The zero-order valence-corrected chi connectivity index (χ0v) is 20.0. The molecule has 1 aliphatic heterocycles. The molecule has 0 atom stereocenters. The van der Waals surface area contributed by atoms with Crippen LogP contribution in [-0.2, 0) is 6.42 Å². The quantitative estimate of drug-likeness (QED) is 0.210. The van der Waals surface area contributed by atoms with E-state index in [9.17, 15) is 0 Å². The number of halogens is 1. The lowest BCUT2D eigenvalue weighted by Crippen LogP contribution is -2.38. The number of ether oxygens (including phenoxy) is 2. The molecule has 1 aromatic carbocycles. The van der Waals surface area contributed by atoms with Crippen molar-refractivity contribution in [3.8, 4) is 11.5 Å². The number of methoxy groups -OCH3 is 2. The summed E-state index contributed by atoms with van der Waals surface area (Å²) in [5.41, 5.74) is 1.21. The number of rotatable bonds is 11. The molecule has 0 saturated carbocycles. The lowest BCUT2D eigenvalue weighted by Gasteiger charge is -2.14. The van der Waals surface area contributed by atoms with E-state index < -0.39 is 0 Å². The molecule has 2 N–H and O–H groups in total. The van der Waals surface area contributed by atoms with E-state index in [-0.39, 0.29) is 24.0 Å². The molecule has 0 aromatic heterocycles. The summed E-state index contributed by atoms with van der Waals surface area (Å²) in [5.74, 6) is 2.44. The van der Waals surface area contributed by atoms with Crippen molar-refractivity contribution in [2.24, 2.45) is 4.99 Å². The molecule has 0 aliphatic carbocycles. The maximum Gasteiger partial charge on any atom is 0.191 e. The minimum absolute atomic E-state index is 0. The average molecular weight is 504 g/mol. The van der Waals surface area contributed by atoms with Crippen LogP contribution in [-0.4, -0.2) is 64.3 Å². The van der Waals surface area contributed by atoms with Gasteiger partial charge in [0.1, 0.15) is 0 Å². The summed E-state index contributed by atoms with van der Waals surface area (Å²) in [7, 11) is 3.32. The van der Waals surface area contributed by atoms with Crippen LogP contribution in [0.25, 0.3) is 0 Å². The number of nitrogens with one attached hydrogen (secondary N) is 2. The third-order valence-corrected chi connectivity index (χ3v) is 4.85. The maximum absolute atomic E-state index is 5.37. The highest BCUT2D eigenvalue weighted by Gasteiger charge is 2.10. The van der Waals surface area contributed by atoms with E-state index in [4.69, 9.17) is 14.5 Å². The van der Waals surface area contributed by atoms with Crippen molar-refractivity contribution in [3.05, 3.63) is 23.8 Å². The fourth-order valence-electron chi connectivity index (χ4n) is 3.35. The fourth-order valence-corrected chi connectivity index (χ4v) is 3.35. The first-order valence-corrected chi connectivity index (χ1v) is 10.2. The smallest absolute Gasteiger partial charge is 0.191 e. The van der Waals surface area contributed by atoms with Crippen LogP contribution in [0.2, 0.25) is 0 Å². The zero-order valence-electron chi connectivity index (χ0n) is 17.6. The van der Waals surface area contributed by atoms with E-state index in [1.165, 1.54) is 44.5 Å². The van der Waals surface area contributed by atoms with Gasteiger partial charge in [0.15, 0.2) is 17.5 Å². The number of aliphatic imine (C=N–C) groups is 1. The lowest BCUT2D eigenvalue weighted by atomic mass is 10.1. The van der Waals surface area contributed by atoms with Gasteiger partial charge in [-0.25, -0.2) is 0 Å². The van der Waals surface area contributed by atoms with Crippen molar-refractivity contribution in [1.82, 2.24) is 15.5 Å². The van der Waals surface area contributed by atoms with Crippen LogP contribution in [0.3, 0.4) is 0 Å². The molecule has 1 aliphatic rings. The Hall–Kier alpha value is -1.22. The third kappa shape index (κ3) is 8.86. The first-order chi connectivity index (χ1) is 13.3. The first kappa shape index (κ1) is 24.8. The topological polar surface area (TPSA) is 58.1 Å². The van der Waals surface area contributed by atoms with Crippen LogP contribution in [0.15, 0.2) is 23.2 Å². The summed E-state index contributed by atoms with van der Waals surface area (Å²) in [6.07, 6.45) is 6.01. The van der Waals surface area contributed by atoms with Gasteiger partial charge < -0.3 is 25.0 Å². The first-order valence-electron chi connectivity index (χ1n) is 10.2. The highest BCUT2D eigenvalue weighted by atomic mass is 127. The molecule has 0 spiro atoms. The van der Waals surface area contributed by atoms with Crippen LogP contribution in [0.1, 0.15) is 38.2 Å². The average Bonchev–Trinajstić information content (AvgIpc) is 3.21. The van der Waals surface area contributed by atoms with Gasteiger partial charge in [-0.05, 0) is 76.4 Å². The van der Waals surface area contributed by atoms with Gasteiger partial charge in [-0.15, -0.1) is 24.0 Å². The van der Waals surface area contributed by atoms with Crippen molar-refractivity contribution in [2.45, 2.75) is 39.0 Å². The van der Waals surface area contributed by atoms with Gasteiger partial charge in [0.25, 0.3) is 0 Å². The lowest BCUT2D eigenvalue weighted by molar-refractivity contribution is 0.331. The molecule has 1 heterocycles. The highest BCUT2D eigenvalue weighted by molar-refractivity contribution is 14.0. The summed E-state index contributed by atoms with van der Waals surface area (Å²) in [4.78, 5) is 7.27. The molecule has 6 nitrogen and oxygen atoms in total. The van der Waals surface area contributed by atoms with Gasteiger partial charge in [0, 0.05) is 19.6 Å². The van der Waals surface area contributed by atoms with Crippen molar-refractivity contribution >= 4 is 29.9 Å². The monoisotopic (exact) mass is 504 g/mol. The highest BCUT2D eigenvalue weighted by Crippen LogP contribution is 2.27. The van der Waals surface area contributed by atoms with E-state index in [0.29, 0.717) is 0 Å². The standard InChI is InChI=1S/C21H36N4O2.HI/c1-4-22-21(23-12-5-6-14-25-15-7-8-16-25)24-13-11-18-9-10-19(26-2)20(17-18)27-3;/h9-10,17H,4-8,11-16H2,1-3H3,(H2,22,23,24);1H. The van der Waals surface area contributed by atoms with E-state index in [1.807, 2.05) is 12.1 Å². The second kappa shape index (κ2) is 14.7. The number of unbranched alkanes of at least 4 members (excludes halogenated alkanes) is 1. The van der Waals surface area contributed by atoms with Crippen LogP contribution in [0, 0.1) is 0 Å². The van der Waals surface area contributed by atoms with Gasteiger partial charge in [-0.2, -0.15) is 0 Å². The molecule has 1 fully saturated rings. The summed E-state index contributed by atoms with van der Waals surface area (Å²) in [6, 6.07) is 6.06. The van der Waals surface area contributed by atoms with E-state index in [2.05, 4.69) is 28.5 Å². The normalized spacial score (nSPS) is 14.5. The molecule has 7 heteroatoms. The van der Waals surface area contributed by atoms with Crippen molar-refractivity contribution < 1.29 is 9.47 Å². The van der Waals surface area contributed by atoms with Gasteiger partial charge in [-0.1, -0.05) is 6.07 Å². The van der Waals surface area contributed by atoms with Crippen molar-refractivity contribution in [2.75, 3.05) is 53.5 Å². The molecular weight excluding hydrogens is 467 g/mol. The molecule has 0 unspecified atom stereocenters. The van der Waals surface area contributed by atoms with Crippen LogP contribution in [0.5, 0.6) is 11.5 Å². The van der Waals surface area contributed by atoms with Crippen LogP contribution in [0.4, 0.5) is 0 Å². The van der Waals surface area contributed by atoms with E-state index >= 15 is 0 Å². The van der Waals surface area contributed by atoms with Gasteiger partial charge in [0.05, 0.1) is 14.2 Å². The molecule has 1 saturated heterocycles. The molecule has 2 rings (SSSR count). The minimum atomic E-state index is 0. The number of nitrogens with zero attached hydrogens (tertiary/aromatic N) is 2. The molecule has 0 radical (unpaired) electrons. The molecule has 28 heavy (non-hydrogen) atoms. The molecule has 160 valence electrons. The number of guanidine groups is 1. The zero-order chi connectivity index (χ0) is 19.3. The Morgan fingerprint density at radius 1 is 1.07 bits per heavy atom. The van der Waals surface area contributed by atoms with Crippen LogP contribution < -0.4 is 20.1 Å². The SMILES string of the molecule is CCNC(=NCCCCN1CCCC1)NCCc1ccc(OC)c(OC)c1.I. The summed E-state index contributed by atoms with van der Waals surface area (Å²) in [6.45, 7) is 8.45. The predicted molar refractivity (Wildman–Crippen MR) is 128 cm³/mol. The Morgan fingerprint density at radius 2 is 1.82 bits per heavy atom. The number of hydrogen-bond donors (Lipinski definition) is 2. The molecule has 0 amide bonds. The molecule has 1 aromatic rings. The summed E-state index contributed by atoms with van der Waals surface area (Å²) in [5, 5.41) is 6.75. The number of benzene rings is 1. The Morgan fingerprint density at radius 3 is 2.50 bits per heavy atom. The van der Waals surface area contributed by atoms with Gasteiger partial charge in [0.2, 0.25) is 0 Å². The maximum atomic E-state index is 5.37. The summed E-state index contributed by atoms with van der Waals surface area (Å²) >= 11 is 0. The molecular formula is C21H37IN4O2. The molecule has 0 bridgehead atoms. The van der Waals surface area contributed by atoms with Crippen LogP contribution >= 0.6 is 24.0 Å². The predicted octanol–water partition coefficient (Wildman–Crippen LogP) is 3.30. The minimum Gasteiger partial charge on any atom is -0.493 e. The second-order valence-electron chi connectivity index (χ2n) is 6.88. The van der Waals surface area contributed by atoms with Gasteiger partial charge in [-0.3, -0.25) is 4.99 Å². The Bertz CT molecular complexity index is 578. The van der Waals surface area contributed by atoms with E-state index in [1.54, 1.807) is 14.2 Å². The van der Waals surface area contributed by atoms with E-state index in [0.717, 1.165) is 49.9 Å². The third-order valence-electron chi connectivity index (χ3n) is 4.85. The largest absolute Gasteiger partial charge is 0.493 e. The summed E-state index contributed by atoms with van der Waals surface area (Å²) < 4.78 is 10.7.